The summed E-state index contributed by atoms with van der Waals surface area (Å²) in [6.45, 7) is 4.53. The molecule has 2 amide bonds. The molecule has 0 saturated carbocycles. The second kappa shape index (κ2) is 8.72. The standard InChI is InChI=1S/C18H24Cl2N2O2/c1-3-14(4-2)21-17(23)10-15-7-8-18(24)22(15)11-12-5-6-13(19)9-16(12)20/h5-6,9,14-15H,3-4,7-8,10-11H2,1-2H3,(H,21,23). The Morgan fingerprint density at radius 2 is 2.04 bits per heavy atom. The summed E-state index contributed by atoms with van der Waals surface area (Å²) in [7, 11) is 0. The average molecular weight is 371 g/mol. The molecule has 1 aromatic carbocycles. The molecule has 6 heteroatoms. The van der Waals surface area contributed by atoms with Crippen LogP contribution in [0.2, 0.25) is 10.0 Å². The zero-order chi connectivity index (χ0) is 17.7. The number of carbonyl (C=O) groups is 2. The number of nitrogens with one attached hydrogen (secondary N) is 1. The van der Waals surface area contributed by atoms with E-state index in [4.69, 9.17) is 23.2 Å². The Morgan fingerprint density at radius 1 is 1.33 bits per heavy atom. The summed E-state index contributed by atoms with van der Waals surface area (Å²) in [6.07, 6.45) is 3.35. The molecule has 1 heterocycles. The second-order valence-corrected chi connectivity index (χ2v) is 7.08. The minimum atomic E-state index is -0.0707. The van der Waals surface area contributed by atoms with E-state index in [0.29, 0.717) is 35.9 Å². The molecule has 1 aliphatic rings. The zero-order valence-electron chi connectivity index (χ0n) is 14.1. The topological polar surface area (TPSA) is 49.4 Å². The van der Waals surface area contributed by atoms with Gasteiger partial charge in [0.25, 0.3) is 0 Å². The predicted octanol–water partition coefficient (Wildman–Crippen LogP) is 4.18. The first-order chi connectivity index (χ1) is 11.4. The number of halogens is 2. The molecule has 132 valence electrons. The van der Waals surface area contributed by atoms with Crippen molar-refractivity contribution in [2.24, 2.45) is 0 Å². The summed E-state index contributed by atoms with van der Waals surface area (Å²) in [5.74, 6) is 0.0805. The van der Waals surface area contributed by atoms with Gasteiger partial charge in [0.05, 0.1) is 0 Å². The van der Waals surface area contributed by atoms with E-state index in [1.807, 2.05) is 6.07 Å². The molecule has 1 unspecified atom stereocenters. The van der Waals surface area contributed by atoms with Gasteiger partial charge in [-0.3, -0.25) is 9.59 Å². The molecule has 0 bridgehead atoms. The summed E-state index contributed by atoms with van der Waals surface area (Å²) in [4.78, 5) is 26.2. The van der Waals surface area contributed by atoms with Crippen LogP contribution in [-0.4, -0.2) is 28.8 Å². The Balaban J connectivity index is 2.02. The summed E-state index contributed by atoms with van der Waals surface area (Å²) >= 11 is 12.1. The van der Waals surface area contributed by atoms with E-state index in [9.17, 15) is 9.59 Å². The highest BCUT2D eigenvalue weighted by molar-refractivity contribution is 6.35. The minimum absolute atomic E-state index is 0.00982. The number of nitrogens with zero attached hydrogens (tertiary/aromatic N) is 1. The number of hydrogen-bond acceptors (Lipinski definition) is 2. The Kier molecular flexibility index (Phi) is 6.93. The van der Waals surface area contributed by atoms with Crippen molar-refractivity contribution in [1.29, 1.82) is 0 Å². The third kappa shape index (κ3) is 4.87. The molecule has 1 aliphatic heterocycles. The first-order valence-electron chi connectivity index (χ1n) is 8.47. The van der Waals surface area contributed by atoms with Crippen molar-refractivity contribution in [3.63, 3.8) is 0 Å². The maximum Gasteiger partial charge on any atom is 0.223 e. The quantitative estimate of drug-likeness (QED) is 0.782. The van der Waals surface area contributed by atoms with Crippen molar-refractivity contribution in [3.8, 4) is 0 Å². The second-order valence-electron chi connectivity index (χ2n) is 6.23. The Bertz CT molecular complexity index is 603. The largest absolute Gasteiger partial charge is 0.353 e. The van der Waals surface area contributed by atoms with Crippen LogP contribution in [0.5, 0.6) is 0 Å². The molecule has 4 nitrogen and oxygen atoms in total. The molecule has 1 N–H and O–H groups in total. The summed E-state index contributed by atoms with van der Waals surface area (Å²) in [5, 5.41) is 4.15. The SMILES string of the molecule is CCC(CC)NC(=O)CC1CCC(=O)N1Cc1ccc(Cl)cc1Cl. The van der Waals surface area contributed by atoms with Gasteiger partial charge in [-0.05, 0) is 37.0 Å². The van der Waals surface area contributed by atoms with Crippen LogP contribution < -0.4 is 5.32 Å². The highest BCUT2D eigenvalue weighted by atomic mass is 35.5. The minimum Gasteiger partial charge on any atom is -0.353 e. The van der Waals surface area contributed by atoms with E-state index in [0.717, 1.165) is 18.4 Å². The number of hydrogen-bond donors (Lipinski definition) is 1. The number of likely N-dealkylation sites (tertiary alicyclic amines) is 1. The molecule has 0 spiro atoms. The van der Waals surface area contributed by atoms with Crippen LogP contribution in [0.4, 0.5) is 0 Å². The molecule has 1 aromatic rings. The van der Waals surface area contributed by atoms with Gasteiger partial charge in [-0.25, -0.2) is 0 Å². The number of rotatable bonds is 7. The number of amides is 2. The highest BCUT2D eigenvalue weighted by Crippen LogP contribution is 2.28. The average Bonchev–Trinajstić information content (AvgIpc) is 2.88. The van der Waals surface area contributed by atoms with Crippen molar-refractivity contribution in [3.05, 3.63) is 33.8 Å². The van der Waals surface area contributed by atoms with Gasteiger partial charge in [0.1, 0.15) is 0 Å². The molecule has 2 rings (SSSR count). The molecule has 0 aliphatic carbocycles. The molecule has 1 saturated heterocycles. The lowest BCUT2D eigenvalue weighted by atomic mass is 10.1. The van der Waals surface area contributed by atoms with E-state index in [1.165, 1.54) is 0 Å². The maximum absolute atomic E-state index is 12.3. The monoisotopic (exact) mass is 370 g/mol. The van der Waals surface area contributed by atoms with E-state index in [1.54, 1.807) is 17.0 Å². The fourth-order valence-corrected chi connectivity index (χ4v) is 3.52. The maximum atomic E-state index is 12.3. The molecule has 0 aromatic heterocycles. The first kappa shape index (κ1) is 19.1. The van der Waals surface area contributed by atoms with E-state index in [-0.39, 0.29) is 23.9 Å². The van der Waals surface area contributed by atoms with E-state index < -0.39 is 0 Å². The molecular formula is C18H24Cl2N2O2. The Hall–Kier alpha value is -1.26. The molecular weight excluding hydrogens is 347 g/mol. The van der Waals surface area contributed by atoms with Crippen LogP contribution in [0, 0.1) is 0 Å². The van der Waals surface area contributed by atoms with Gasteiger partial charge in [0.15, 0.2) is 0 Å². The fraction of sp³-hybridized carbons (Fsp3) is 0.556. The van der Waals surface area contributed by atoms with Crippen LogP contribution in [0.1, 0.15) is 51.5 Å². The van der Waals surface area contributed by atoms with E-state index >= 15 is 0 Å². The van der Waals surface area contributed by atoms with Crippen LogP contribution in [-0.2, 0) is 16.1 Å². The van der Waals surface area contributed by atoms with Crippen molar-refractivity contribution in [1.82, 2.24) is 10.2 Å². The normalized spacial score (nSPS) is 17.6. The summed E-state index contributed by atoms with van der Waals surface area (Å²) in [5.41, 5.74) is 0.849. The van der Waals surface area contributed by atoms with Crippen molar-refractivity contribution < 1.29 is 9.59 Å². The number of carbonyl (C=O) groups excluding carboxylic acids is 2. The lowest BCUT2D eigenvalue weighted by Crippen LogP contribution is -2.40. The molecule has 1 atom stereocenters. The third-order valence-corrected chi connectivity index (χ3v) is 5.17. The van der Waals surface area contributed by atoms with Gasteiger partial charge in [-0.1, -0.05) is 43.1 Å². The van der Waals surface area contributed by atoms with Gasteiger partial charge in [0, 0.05) is 41.5 Å². The van der Waals surface area contributed by atoms with Gasteiger partial charge < -0.3 is 10.2 Å². The van der Waals surface area contributed by atoms with Crippen molar-refractivity contribution in [2.45, 2.75) is 64.6 Å². The first-order valence-corrected chi connectivity index (χ1v) is 9.22. The zero-order valence-corrected chi connectivity index (χ0v) is 15.7. The predicted molar refractivity (Wildman–Crippen MR) is 97.2 cm³/mol. The van der Waals surface area contributed by atoms with E-state index in [2.05, 4.69) is 19.2 Å². The summed E-state index contributed by atoms with van der Waals surface area (Å²) in [6, 6.07) is 5.40. The van der Waals surface area contributed by atoms with Crippen molar-refractivity contribution >= 4 is 35.0 Å². The fourth-order valence-electron chi connectivity index (χ4n) is 3.05. The molecule has 24 heavy (non-hydrogen) atoms. The van der Waals surface area contributed by atoms with Gasteiger partial charge in [0.2, 0.25) is 11.8 Å². The van der Waals surface area contributed by atoms with Crippen LogP contribution in [0.3, 0.4) is 0 Å². The highest BCUT2D eigenvalue weighted by Gasteiger charge is 2.32. The Labute approximate surface area is 153 Å². The number of benzene rings is 1. The van der Waals surface area contributed by atoms with Crippen LogP contribution in [0.25, 0.3) is 0 Å². The van der Waals surface area contributed by atoms with Crippen LogP contribution >= 0.6 is 23.2 Å². The van der Waals surface area contributed by atoms with Crippen molar-refractivity contribution in [2.75, 3.05) is 0 Å². The van der Waals surface area contributed by atoms with Crippen LogP contribution in [0.15, 0.2) is 18.2 Å². The Morgan fingerprint density at radius 3 is 2.67 bits per heavy atom. The van der Waals surface area contributed by atoms with Gasteiger partial charge in [-0.2, -0.15) is 0 Å². The molecule has 1 fully saturated rings. The lowest BCUT2D eigenvalue weighted by molar-refractivity contribution is -0.130. The van der Waals surface area contributed by atoms with Gasteiger partial charge in [-0.15, -0.1) is 0 Å². The smallest absolute Gasteiger partial charge is 0.223 e. The van der Waals surface area contributed by atoms with Gasteiger partial charge >= 0.3 is 0 Å². The lowest BCUT2D eigenvalue weighted by Gasteiger charge is -2.26. The third-order valence-electron chi connectivity index (χ3n) is 4.58. The molecule has 0 radical (unpaired) electrons. The summed E-state index contributed by atoms with van der Waals surface area (Å²) < 4.78 is 0.